The summed E-state index contributed by atoms with van der Waals surface area (Å²) in [6.07, 6.45) is 3.19. The van der Waals surface area contributed by atoms with Crippen molar-refractivity contribution in [3.8, 4) is 11.5 Å². The lowest BCUT2D eigenvalue weighted by atomic mass is 10.1. The molecule has 0 aliphatic carbocycles. The molecular weight excluding hydrogens is 468 g/mol. The maximum absolute atomic E-state index is 13.1. The van der Waals surface area contributed by atoms with Crippen molar-refractivity contribution >= 4 is 45.6 Å². The number of carbonyl (C=O) groups excluding carboxylic acids is 1. The molecule has 0 radical (unpaired) electrons. The third-order valence-electron chi connectivity index (χ3n) is 4.18. The number of benzene rings is 2. The average molecular weight is 481 g/mol. The van der Waals surface area contributed by atoms with E-state index in [2.05, 4.69) is 25.7 Å². The van der Waals surface area contributed by atoms with E-state index < -0.39 is 10.7 Å². The zero-order valence-electron chi connectivity index (χ0n) is 16.6. The van der Waals surface area contributed by atoms with E-state index in [4.69, 9.17) is 16.0 Å². The molecular formula is C21H13ClN6O4S. The Kier molecular flexibility index (Phi) is 6.72. The van der Waals surface area contributed by atoms with Gasteiger partial charge in [-0.2, -0.15) is 5.10 Å². The molecule has 4 rings (SSSR count). The summed E-state index contributed by atoms with van der Waals surface area (Å²) >= 11 is 6.80. The van der Waals surface area contributed by atoms with Crippen LogP contribution in [0.25, 0.3) is 11.5 Å². The van der Waals surface area contributed by atoms with Crippen LogP contribution in [0.1, 0.15) is 10.4 Å². The second-order valence-electron chi connectivity index (χ2n) is 6.38. The van der Waals surface area contributed by atoms with Gasteiger partial charge in [0.15, 0.2) is 5.04 Å². The van der Waals surface area contributed by atoms with Crippen molar-refractivity contribution in [1.82, 2.24) is 15.2 Å². The predicted octanol–water partition coefficient (Wildman–Crippen LogP) is 5.09. The second-order valence-corrected chi connectivity index (χ2v) is 7.76. The number of ketones is 1. The molecule has 4 aromatic rings. The van der Waals surface area contributed by atoms with Crippen LogP contribution in [0.5, 0.6) is 0 Å². The number of Topliss-reactive ketones (excluding diaryl/α,β-unsaturated/α-hetero) is 1. The zero-order chi connectivity index (χ0) is 23.2. The van der Waals surface area contributed by atoms with Gasteiger partial charge in [0, 0.05) is 40.7 Å². The molecule has 0 amide bonds. The molecule has 0 aliphatic rings. The molecule has 164 valence electrons. The van der Waals surface area contributed by atoms with Gasteiger partial charge in [-0.15, -0.1) is 10.2 Å². The Morgan fingerprint density at radius 3 is 2.39 bits per heavy atom. The number of halogens is 1. The summed E-state index contributed by atoms with van der Waals surface area (Å²) in [5.74, 6) is -0.142. The van der Waals surface area contributed by atoms with Gasteiger partial charge in [0.2, 0.25) is 11.7 Å². The van der Waals surface area contributed by atoms with Gasteiger partial charge in [-0.3, -0.25) is 25.3 Å². The fourth-order valence-corrected chi connectivity index (χ4v) is 3.36. The Hall–Kier alpha value is -4.09. The minimum atomic E-state index is -0.506. The summed E-state index contributed by atoms with van der Waals surface area (Å²) < 4.78 is 5.66. The Labute approximate surface area is 195 Å². The molecule has 2 heterocycles. The number of anilines is 1. The highest BCUT2D eigenvalue weighted by atomic mass is 35.5. The van der Waals surface area contributed by atoms with Crippen LogP contribution in [-0.4, -0.2) is 30.9 Å². The molecule has 2 aromatic carbocycles. The van der Waals surface area contributed by atoms with Crippen molar-refractivity contribution in [2.75, 3.05) is 5.43 Å². The number of nitro benzene ring substituents is 1. The Morgan fingerprint density at radius 1 is 1.03 bits per heavy atom. The number of aromatic nitrogens is 3. The van der Waals surface area contributed by atoms with Gasteiger partial charge in [0.1, 0.15) is 0 Å². The summed E-state index contributed by atoms with van der Waals surface area (Å²) in [5.41, 5.74) is 4.15. The molecule has 0 aliphatic heterocycles. The molecule has 0 atom stereocenters. The van der Waals surface area contributed by atoms with E-state index in [1.54, 1.807) is 48.8 Å². The maximum atomic E-state index is 13.1. The van der Waals surface area contributed by atoms with Gasteiger partial charge in [-0.1, -0.05) is 11.6 Å². The standard InChI is InChI=1S/C21H13ClN6O4S/c22-15-3-1-13(2-4-15)18(29)20(26-24-16-5-7-17(8-6-16)28(30)31)33-21-27-25-19(32-21)14-9-11-23-12-10-14/h1-12,24H. The van der Waals surface area contributed by atoms with E-state index >= 15 is 0 Å². The third-order valence-corrected chi connectivity index (χ3v) is 5.24. The predicted molar refractivity (Wildman–Crippen MR) is 123 cm³/mol. The first-order chi connectivity index (χ1) is 16.0. The number of thioether (sulfide) groups is 1. The van der Waals surface area contributed by atoms with Gasteiger partial charge >= 0.3 is 0 Å². The van der Waals surface area contributed by atoms with E-state index in [9.17, 15) is 14.9 Å². The van der Waals surface area contributed by atoms with Crippen LogP contribution in [0.3, 0.4) is 0 Å². The van der Waals surface area contributed by atoms with Crippen LogP contribution >= 0.6 is 23.4 Å². The van der Waals surface area contributed by atoms with Crippen LogP contribution in [0.4, 0.5) is 11.4 Å². The smallest absolute Gasteiger partial charge is 0.283 e. The van der Waals surface area contributed by atoms with Gasteiger partial charge in [0.25, 0.3) is 10.9 Å². The average Bonchev–Trinajstić information content (AvgIpc) is 3.31. The molecule has 33 heavy (non-hydrogen) atoms. The lowest BCUT2D eigenvalue weighted by Crippen LogP contribution is -2.13. The number of rotatable bonds is 7. The molecule has 0 fully saturated rings. The van der Waals surface area contributed by atoms with Crippen molar-refractivity contribution in [2.45, 2.75) is 5.22 Å². The van der Waals surface area contributed by atoms with Crippen LogP contribution in [0.15, 0.2) is 87.8 Å². The first kappa shape index (κ1) is 22.1. The maximum Gasteiger partial charge on any atom is 0.283 e. The number of carbonyl (C=O) groups is 1. The van der Waals surface area contributed by atoms with Crippen LogP contribution in [0.2, 0.25) is 5.02 Å². The SMILES string of the molecule is O=C(C(=NNc1ccc([N+](=O)[O-])cc1)Sc1nnc(-c2ccncc2)o1)c1ccc(Cl)cc1. The minimum absolute atomic E-state index is 0.0144. The van der Waals surface area contributed by atoms with Gasteiger partial charge < -0.3 is 4.42 Å². The second kappa shape index (κ2) is 10.0. The summed E-state index contributed by atoms with van der Waals surface area (Å²) in [4.78, 5) is 27.3. The summed E-state index contributed by atoms with van der Waals surface area (Å²) in [7, 11) is 0. The number of pyridine rings is 1. The van der Waals surface area contributed by atoms with Crippen LogP contribution < -0.4 is 5.43 Å². The first-order valence-electron chi connectivity index (χ1n) is 9.30. The van der Waals surface area contributed by atoms with Gasteiger partial charge in [-0.25, -0.2) is 0 Å². The first-order valence-corrected chi connectivity index (χ1v) is 10.5. The highest BCUT2D eigenvalue weighted by Gasteiger charge is 2.20. The van der Waals surface area contributed by atoms with Gasteiger partial charge in [0.05, 0.1) is 10.6 Å². The molecule has 1 N–H and O–H groups in total. The lowest BCUT2D eigenvalue weighted by Gasteiger charge is -2.05. The highest BCUT2D eigenvalue weighted by Crippen LogP contribution is 2.26. The quantitative estimate of drug-likeness (QED) is 0.0956. The van der Waals surface area contributed by atoms with Crippen LogP contribution in [-0.2, 0) is 0 Å². The minimum Gasteiger partial charge on any atom is -0.411 e. The fraction of sp³-hybridized carbons (Fsp3) is 0. The van der Waals surface area contributed by atoms with E-state index in [0.717, 1.165) is 11.8 Å². The number of nitro groups is 1. The zero-order valence-corrected chi connectivity index (χ0v) is 18.2. The summed E-state index contributed by atoms with van der Waals surface area (Å²) in [6, 6.07) is 15.4. The monoisotopic (exact) mass is 480 g/mol. The molecule has 12 heteroatoms. The Morgan fingerprint density at radius 2 is 1.73 bits per heavy atom. The molecule has 0 saturated carbocycles. The summed E-state index contributed by atoms with van der Waals surface area (Å²) in [5, 5.41) is 23.6. The molecule has 2 aromatic heterocycles. The molecule has 0 spiro atoms. The Bertz CT molecular complexity index is 1310. The topological polar surface area (TPSA) is 136 Å². The van der Waals surface area contributed by atoms with E-state index in [1.165, 1.54) is 24.3 Å². The number of nitrogens with one attached hydrogen (secondary N) is 1. The highest BCUT2D eigenvalue weighted by molar-refractivity contribution is 8.15. The van der Waals surface area contributed by atoms with Crippen molar-refractivity contribution in [3.63, 3.8) is 0 Å². The molecule has 0 bridgehead atoms. The van der Waals surface area contributed by atoms with E-state index in [-0.39, 0.29) is 21.8 Å². The molecule has 0 saturated heterocycles. The van der Waals surface area contributed by atoms with Crippen molar-refractivity contribution in [2.24, 2.45) is 5.10 Å². The third kappa shape index (κ3) is 5.59. The number of nitrogens with zero attached hydrogens (tertiary/aromatic N) is 5. The number of non-ortho nitro benzene ring substituents is 1. The van der Waals surface area contributed by atoms with E-state index in [0.29, 0.717) is 21.8 Å². The number of hydrogen-bond donors (Lipinski definition) is 1. The Balaban J connectivity index is 1.60. The largest absolute Gasteiger partial charge is 0.411 e. The lowest BCUT2D eigenvalue weighted by molar-refractivity contribution is -0.384. The van der Waals surface area contributed by atoms with E-state index in [1.807, 2.05) is 0 Å². The summed E-state index contributed by atoms with van der Waals surface area (Å²) in [6.45, 7) is 0. The van der Waals surface area contributed by atoms with Crippen LogP contribution in [0, 0.1) is 10.1 Å². The normalized spacial score (nSPS) is 11.2. The van der Waals surface area contributed by atoms with Crippen molar-refractivity contribution < 1.29 is 14.1 Å². The van der Waals surface area contributed by atoms with Gasteiger partial charge in [-0.05, 0) is 60.3 Å². The molecule has 10 nitrogen and oxygen atoms in total. The van der Waals surface area contributed by atoms with Crippen molar-refractivity contribution in [1.29, 1.82) is 0 Å². The molecule has 0 unspecified atom stereocenters. The number of hydrogen-bond acceptors (Lipinski definition) is 10. The number of hydrazone groups is 1. The van der Waals surface area contributed by atoms with Crippen molar-refractivity contribution in [3.05, 3.63) is 93.8 Å². The fourth-order valence-electron chi connectivity index (χ4n) is 2.56.